The largest absolute Gasteiger partial charge is 0.351 e. The standard InChI is InChI=1S/C18H22N2O3S/c1-2-19-11-12-20-18(21)16-9-6-10-17(13-16)24(22,23)14-15-7-4-3-5-8-15/h3-10,13,19H,2,11-12,14H2,1H3,(H,20,21). The SMILES string of the molecule is CCNCCNC(=O)c1cccc(S(=O)(=O)Cc2ccccc2)c1. The molecule has 0 unspecified atom stereocenters. The molecule has 0 saturated heterocycles. The van der Waals surface area contributed by atoms with Crippen molar-refractivity contribution in [1.82, 2.24) is 10.6 Å². The van der Waals surface area contributed by atoms with E-state index in [9.17, 15) is 13.2 Å². The Morgan fingerprint density at radius 2 is 1.75 bits per heavy atom. The highest BCUT2D eigenvalue weighted by molar-refractivity contribution is 7.90. The van der Waals surface area contributed by atoms with Crippen molar-refractivity contribution in [3.63, 3.8) is 0 Å². The van der Waals surface area contributed by atoms with Crippen LogP contribution in [0.5, 0.6) is 0 Å². The Labute approximate surface area is 143 Å². The smallest absolute Gasteiger partial charge is 0.251 e. The van der Waals surface area contributed by atoms with Gasteiger partial charge in [0.05, 0.1) is 10.6 Å². The number of sulfone groups is 1. The molecule has 0 aliphatic rings. The van der Waals surface area contributed by atoms with Crippen molar-refractivity contribution in [2.24, 2.45) is 0 Å². The van der Waals surface area contributed by atoms with Crippen LogP contribution in [-0.2, 0) is 15.6 Å². The topological polar surface area (TPSA) is 75.3 Å². The average molecular weight is 346 g/mol. The quantitative estimate of drug-likeness (QED) is 0.717. The van der Waals surface area contributed by atoms with Gasteiger partial charge in [-0.05, 0) is 30.3 Å². The zero-order valence-corrected chi connectivity index (χ0v) is 14.5. The number of carbonyl (C=O) groups is 1. The molecule has 0 aliphatic carbocycles. The van der Waals surface area contributed by atoms with Gasteiger partial charge in [-0.1, -0.05) is 43.3 Å². The maximum Gasteiger partial charge on any atom is 0.251 e. The van der Waals surface area contributed by atoms with Gasteiger partial charge in [-0.2, -0.15) is 0 Å². The molecular weight excluding hydrogens is 324 g/mol. The van der Waals surface area contributed by atoms with E-state index in [-0.39, 0.29) is 16.6 Å². The van der Waals surface area contributed by atoms with Gasteiger partial charge in [-0.25, -0.2) is 8.42 Å². The molecule has 0 aliphatic heterocycles. The molecule has 5 nitrogen and oxygen atoms in total. The molecule has 6 heteroatoms. The summed E-state index contributed by atoms with van der Waals surface area (Å²) in [4.78, 5) is 12.3. The molecule has 0 heterocycles. The average Bonchev–Trinajstić information content (AvgIpc) is 2.59. The lowest BCUT2D eigenvalue weighted by Crippen LogP contribution is -2.31. The Kier molecular flexibility index (Phi) is 6.52. The summed E-state index contributed by atoms with van der Waals surface area (Å²) in [6.45, 7) is 3.99. The van der Waals surface area contributed by atoms with E-state index in [0.717, 1.165) is 12.1 Å². The van der Waals surface area contributed by atoms with Gasteiger partial charge in [-0.3, -0.25) is 4.79 Å². The number of carbonyl (C=O) groups excluding carboxylic acids is 1. The van der Waals surface area contributed by atoms with Gasteiger partial charge in [0, 0.05) is 18.7 Å². The van der Waals surface area contributed by atoms with Crippen LogP contribution in [0.4, 0.5) is 0 Å². The van der Waals surface area contributed by atoms with Crippen molar-refractivity contribution >= 4 is 15.7 Å². The first-order valence-corrected chi connectivity index (χ1v) is 9.54. The number of hydrogen-bond acceptors (Lipinski definition) is 4. The Morgan fingerprint density at radius 3 is 2.46 bits per heavy atom. The van der Waals surface area contributed by atoms with Crippen LogP contribution in [0.3, 0.4) is 0 Å². The van der Waals surface area contributed by atoms with E-state index < -0.39 is 9.84 Å². The molecule has 2 N–H and O–H groups in total. The summed E-state index contributed by atoms with van der Waals surface area (Å²) in [5, 5.41) is 5.87. The zero-order valence-electron chi connectivity index (χ0n) is 13.7. The first-order chi connectivity index (χ1) is 11.5. The molecule has 24 heavy (non-hydrogen) atoms. The third kappa shape index (κ3) is 5.18. The fourth-order valence-corrected chi connectivity index (χ4v) is 3.64. The molecule has 2 rings (SSSR count). The van der Waals surface area contributed by atoms with E-state index in [1.807, 2.05) is 13.0 Å². The van der Waals surface area contributed by atoms with Crippen molar-refractivity contribution in [3.8, 4) is 0 Å². The molecule has 1 amide bonds. The number of benzene rings is 2. The zero-order chi connectivity index (χ0) is 17.4. The van der Waals surface area contributed by atoms with Crippen molar-refractivity contribution < 1.29 is 13.2 Å². The van der Waals surface area contributed by atoms with Crippen LogP contribution in [0.1, 0.15) is 22.8 Å². The lowest BCUT2D eigenvalue weighted by atomic mass is 10.2. The van der Waals surface area contributed by atoms with Gasteiger partial charge in [-0.15, -0.1) is 0 Å². The molecule has 0 bridgehead atoms. The van der Waals surface area contributed by atoms with Gasteiger partial charge in [0.1, 0.15) is 0 Å². The van der Waals surface area contributed by atoms with Crippen LogP contribution < -0.4 is 10.6 Å². The van der Waals surface area contributed by atoms with Crippen LogP contribution in [0.15, 0.2) is 59.5 Å². The van der Waals surface area contributed by atoms with Crippen LogP contribution in [0.2, 0.25) is 0 Å². The van der Waals surface area contributed by atoms with E-state index in [4.69, 9.17) is 0 Å². The predicted octanol–water partition coefficient (Wildman–Crippen LogP) is 2.00. The van der Waals surface area contributed by atoms with Gasteiger partial charge in [0.15, 0.2) is 9.84 Å². The minimum absolute atomic E-state index is 0.0840. The van der Waals surface area contributed by atoms with Crippen molar-refractivity contribution in [1.29, 1.82) is 0 Å². The summed E-state index contributed by atoms with van der Waals surface area (Å²) in [5.74, 6) is -0.357. The lowest BCUT2D eigenvalue weighted by molar-refractivity contribution is 0.0953. The number of nitrogens with one attached hydrogen (secondary N) is 2. The highest BCUT2D eigenvalue weighted by Gasteiger charge is 2.17. The van der Waals surface area contributed by atoms with E-state index in [1.54, 1.807) is 36.4 Å². The van der Waals surface area contributed by atoms with Crippen LogP contribution in [0.25, 0.3) is 0 Å². The van der Waals surface area contributed by atoms with Crippen LogP contribution >= 0.6 is 0 Å². The van der Waals surface area contributed by atoms with Gasteiger partial charge < -0.3 is 10.6 Å². The Balaban J connectivity index is 2.10. The fraction of sp³-hybridized carbons (Fsp3) is 0.278. The van der Waals surface area contributed by atoms with Gasteiger partial charge in [0.2, 0.25) is 0 Å². The maximum atomic E-state index is 12.5. The third-order valence-corrected chi connectivity index (χ3v) is 5.18. The van der Waals surface area contributed by atoms with E-state index in [0.29, 0.717) is 18.7 Å². The van der Waals surface area contributed by atoms with Crippen molar-refractivity contribution in [2.75, 3.05) is 19.6 Å². The summed E-state index contributed by atoms with van der Waals surface area (Å²) in [5.41, 5.74) is 1.07. The van der Waals surface area contributed by atoms with E-state index >= 15 is 0 Å². The lowest BCUT2D eigenvalue weighted by Gasteiger charge is -2.08. The van der Waals surface area contributed by atoms with Crippen molar-refractivity contribution in [2.45, 2.75) is 17.6 Å². The predicted molar refractivity (Wildman–Crippen MR) is 94.7 cm³/mol. The minimum Gasteiger partial charge on any atom is -0.351 e. The molecule has 0 atom stereocenters. The summed E-state index contributed by atoms with van der Waals surface area (Å²) >= 11 is 0. The second kappa shape index (κ2) is 8.61. The molecule has 2 aromatic carbocycles. The summed E-state index contributed by atoms with van der Waals surface area (Å²) in [7, 11) is -3.49. The summed E-state index contributed by atoms with van der Waals surface area (Å²) in [6.07, 6.45) is 0. The highest BCUT2D eigenvalue weighted by Crippen LogP contribution is 2.17. The molecule has 0 aromatic heterocycles. The summed E-state index contributed by atoms with van der Waals surface area (Å²) in [6, 6.07) is 15.2. The third-order valence-electron chi connectivity index (χ3n) is 3.49. The highest BCUT2D eigenvalue weighted by atomic mass is 32.2. The first kappa shape index (κ1) is 18.2. The molecule has 0 fully saturated rings. The van der Waals surface area contributed by atoms with Crippen LogP contribution in [0, 0.1) is 0 Å². The minimum atomic E-state index is -3.49. The molecule has 0 radical (unpaired) electrons. The normalized spacial score (nSPS) is 11.2. The Morgan fingerprint density at radius 1 is 1.00 bits per heavy atom. The second-order valence-electron chi connectivity index (χ2n) is 5.38. The maximum absolute atomic E-state index is 12.5. The first-order valence-electron chi connectivity index (χ1n) is 7.88. The molecule has 2 aromatic rings. The number of hydrogen-bond donors (Lipinski definition) is 2. The van der Waals surface area contributed by atoms with Gasteiger partial charge >= 0.3 is 0 Å². The van der Waals surface area contributed by atoms with Crippen molar-refractivity contribution in [3.05, 3.63) is 65.7 Å². The number of likely N-dealkylation sites (N-methyl/N-ethyl adjacent to an activating group) is 1. The summed E-state index contributed by atoms with van der Waals surface area (Å²) < 4.78 is 25.1. The molecule has 128 valence electrons. The number of amides is 1. The Hall–Kier alpha value is -2.18. The molecule has 0 spiro atoms. The van der Waals surface area contributed by atoms with E-state index in [2.05, 4.69) is 10.6 Å². The molecular formula is C18H22N2O3S. The van der Waals surface area contributed by atoms with Crippen LogP contribution in [-0.4, -0.2) is 34.0 Å². The monoisotopic (exact) mass is 346 g/mol. The van der Waals surface area contributed by atoms with E-state index in [1.165, 1.54) is 12.1 Å². The molecule has 0 saturated carbocycles. The van der Waals surface area contributed by atoms with Gasteiger partial charge in [0.25, 0.3) is 5.91 Å². The Bertz CT molecular complexity index is 774. The second-order valence-corrected chi connectivity index (χ2v) is 7.37. The number of rotatable bonds is 8. The fourth-order valence-electron chi connectivity index (χ4n) is 2.25.